The minimum Gasteiger partial charge on any atom is -0.351 e. The number of nitriles is 1. The SMILES string of the molecule is CCN(CC(=O)NCc1ccccc1C)CC(C)C#N. The summed E-state index contributed by atoms with van der Waals surface area (Å²) in [7, 11) is 0. The molecule has 1 atom stereocenters. The number of rotatable bonds is 7. The van der Waals surface area contributed by atoms with Crippen molar-refractivity contribution in [1.29, 1.82) is 5.26 Å². The van der Waals surface area contributed by atoms with Crippen LogP contribution in [0.1, 0.15) is 25.0 Å². The molecule has 0 aliphatic carbocycles. The number of carbonyl (C=O) groups excluding carboxylic acids is 1. The van der Waals surface area contributed by atoms with Crippen molar-refractivity contribution in [1.82, 2.24) is 10.2 Å². The number of carbonyl (C=O) groups is 1. The molecule has 0 heterocycles. The molecule has 0 saturated carbocycles. The Labute approximate surface area is 121 Å². The van der Waals surface area contributed by atoms with Crippen molar-refractivity contribution in [3.8, 4) is 6.07 Å². The lowest BCUT2D eigenvalue weighted by Crippen LogP contribution is -2.38. The van der Waals surface area contributed by atoms with Gasteiger partial charge in [-0.3, -0.25) is 9.69 Å². The third-order valence-corrected chi connectivity index (χ3v) is 3.30. The molecular formula is C16H23N3O. The number of nitrogens with one attached hydrogen (secondary N) is 1. The van der Waals surface area contributed by atoms with E-state index in [0.29, 0.717) is 19.6 Å². The van der Waals surface area contributed by atoms with Gasteiger partial charge in [-0.1, -0.05) is 31.2 Å². The molecule has 0 radical (unpaired) electrons. The third-order valence-electron chi connectivity index (χ3n) is 3.30. The standard InChI is InChI=1S/C16H23N3O/c1-4-19(11-13(2)9-17)12-16(20)18-10-15-8-6-5-7-14(15)3/h5-8,13H,4,10-12H2,1-3H3,(H,18,20). The fourth-order valence-electron chi connectivity index (χ4n) is 1.99. The minimum atomic E-state index is -0.0564. The second kappa shape index (κ2) is 8.34. The Bertz CT molecular complexity index is 479. The van der Waals surface area contributed by atoms with Gasteiger partial charge in [-0.25, -0.2) is 0 Å². The molecular weight excluding hydrogens is 250 g/mol. The maximum atomic E-state index is 11.9. The molecule has 0 fully saturated rings. The molecule has 0 saturated heterocycles. The van der Waals surface area contributed by atoms with Crippen molar-refractivity contribution in [3.63, 3.8) is 0 Å². The van der Waals surface area contributed by atoms with Crippen LogP contribution in [0.25, 0.3) is 0 Å². The van der Waals surface area contributed by atoms with E-state index in [-0.39, 0.29) is 11.8 Å². The predicted octanol–water partition coefficient (Wildman–Crippen LogP) is 2.09. The molecule has 4 nitrogen and oxygen atoms in total. The summed E-state index contributed by atoms with van der Waals surface area (Å²) in [6, 6.07) is 10.2. The Hall–Kier alpha value is -1.86. The van der Waals surface area contributed by atoms with E-state index in [0.717, 1.165) is 12.1 Å². The summed E-state index contributed by atoms with van der Waals surface area (Å²) < 4.78 is 0. The molecule has 1 rings (SSSR count). The van der Waals surface area contributed by atoms with Crippen LogP contribution in [0.4, 0.5) is 0 Å². The van der Waals surface area contributed by atoms with E-state index in [1.165, 1.54) is 5.56 Å². The van der Waals surface area contributed by atoms with Gasteiger partial charge in [0, 0.05) is 13.1 Å². The van der Waals surface area contributed by atoms with E-state index in [1.807, 2.05) is 49.9 Å². The van der Waals surface area contributed by atoms with Crippen LogP contribution in [0.2, 0.25) is 0 Å². The second-order valence-electron chi connectivity index (χ2n) is 5.06. The van der Waals surface area contributed by atoms with Gasteiger partial charge in [-0.15, -0.1) is 0 Å². The number of hydrogen-bond acceptors (Lipinski definition) is 3. The van der Waals surface area contributed by atoms with Gasteiger partial charge in [-0.2, -0.15) is 5.26 Å². The van der Waals surface area contributed by atoms with E-state index in [4.69, 9.17) is 5.26 Å². The Morgan fingerprint density at radius 3 is 2.75 bits per heavy atom. The van der Waals surface area contributed by atoms with Crippen LogP contribution < -0.4 is 5.32 Å². The molecule has 1 N–H and O–H groups in total. The van der Waals surface area contributed by atoms with E-state index >= 15 is 0 Å². The lowest BCUT2D eigenvalue weighted by molar-refractivity contribution is -0.122. The van der Waals surface area contributed by atoms with E-state index in [9.17, 15) is 4.79 Å². The average molecular weight is 273 g/mol. The number of benzene rings is 1. The summed E-state index contributed by atoms with van der Waals surface area (Å²) in [4.78, 5) is 13.9. The summed E-state index contributed by atoms with van der Waals surface area (Å²) in [6.07, 6.45) is 0. The topological polar surface area (TPSA) is 56.1 Å². The molecule has 1 aromatic rings. The summed E-state index contributed by atoms with van der Waals surface area (Å²) in [5.41, 5.74) is 2.31. The zero-order valence-electron chi connectivity index (χ0n) is 12.5. The third kappa shape index (κ3) is 5.41. The Morgan fingerprint density at radius 1 is 1.45 bits per heavy atom. The van der Waals surface area contributed by atoms with Crippen molar-refractivity contribution >= 4 is 5.91 Å². The molecule has 0 aliphatic heterocycles. The quantitative estimate of drug-likeness (QED) is 0.827. The summed E-state index contributed by atoms with van der Waals surface area (Å²) in [5.74, 6) is -0.0561. The van der Waals surface area contributed by atoms with Crippen LogP contribution in [-0.4, -0.2) is 30.4 Å². The van der Waals surface area contributed by atoms with Gasteiger partial charge in [0.15, 0.2) is 0 Å². The Balaban J connectivity index is 2.43. The molecule has 20 heavy (non-hydrogen) atoms. The molecule has 1 aromatic carbocycles. The highest BCUT2D eigenvalue weighted by Crippen LogP contribution is 2.06. The number of aryl methyl sites for hydroxylation is 1. The van der Waals surface area contributed by atoms with Crippen LogP contribution in [-0.2, 0) is 11.3 Å². The molecule has 0 aromatic heterocycles. The first kappa shape index (κ1) is 16.2. The largest absolute Gasteiger partial charge is 0.351 e. The van der Waals surface area contributed by atoms with Crippen molar-refractivity contribution in [2.75, 3.05) is 19.6 Å². The summed E-state index contributed by atoms with van der Waals surface area (Å²) >= 11 is 0. The first-order chi connectivity index (χ1) is 9.56. The van der Waals surface area contributed by atoms with Crippen LogP contribution in [0.15, 0.2) is 24.3 Å². The fraction of sp³-hybridized carbons (Fsp3) is 0.500. The van der Waals surface area contributed by atoms with Gasteiger partial charge in [0.2, 0.25) is 5.91 Å². The lowest BCUT2D eigenvalue weighted by atomic mass is 10.1. The summed E-state index contributed by atoms with van der Waals surface area (Å²) in [5, 5.41) is 11.8. The first-order valence-corrected chi connectivity index (χ1v) is 7.00. The Kier molecular flexibility index (Phi) is 6.75. The highest BCUT2D eigenvalue weighted by molar-refractivity contribution is 5.78. The van der Waals surface area contributed by atoms with Crippen molar-refractivity contribution in [2.24, 2.45) is 5.92 Å². The maximum absolute atomic E-state index is 11.9. The smallest absolute Gasteiger partial charge is 0.234 e. The molecule has 0 spiro atoms. The number of amides is 1. The van der Waals surface area contributed by atoms with Crippen molar-refractivity contribution in [3.05, 3.63) is 35.4 Å². The van der Waals surface area contributed by atoms with Crippen LogP contribution in [0, 0.1) is 24.2 Å². The molecule has 0 aliphatic rings. The lowest BCUT2D eigenvalue weighted by Gasteiger charge is -2.20. The minimum absolute atomic E-state index is 0.000225. The average Bonchev–Trinajstić information content (AvgIpc) is 2.45. The molecule has 1 unspecified atom stereocenters. The van der Waals surface area contributed by atoms with Crippen LogP contribution >= 0.6 is 0 Å². The molecule has 0 bridgehead atoms. The Morgan fingerprint density at radius 2 is 2.15 bits per heavy atom. The molecule has 1 amide bonds. The number of nitrogens with zero attached hydrogens (tertiary/aromatic N) is 2. The van der Waals surface area contributed by atoms with Crippen molar-refractivity contribution < 1.29 is 4.79 Å². The molecule has 4 heteroatoms. The molecule has 108 valence electrons. The van der Waals surface area contributed by atoms with Crippen LogP contribution in [0.5, 0.6) is 0 Å². The highest BCUT2D eigenvalue weighted by atomic mass is 16.2. The zero-order valence-corrected chi connectivity index (χ0v) is 12.5. The van der Waals surface area contributed by atoms with Gasteiger partial charge in [0.25, 0.3) is 0 Å². The second-order valence-corrected chi connectivity index (χ2v) is 5.06. The van der Waals surface area contributed by atoms with Crippen molar-refractivity contribution in [2.45, 2.75) is 27.3 Å². The maximum Gasteiger partial charge on any atom is 0.234 e. The predicted molar refractivity (Wildman–Crippen MR) is 79.9 cm³/mol. The van der Waals surface area contributed by atoms with E-state index in [2.05, 4.69) is 11.4 Å². The zero-order chi connectivity index (χ0) is 15.0. The van der Waals surface area contributed by atoms with E-state index in [1.54, 1.807) is 0 Å². The van der Waals surface area contributed by atoms with Crippen LogP contribution in [0.3, 0.4) is 0 Å². The van der Waals surface area contributed by atoms with Gasteiger partial charge >= 0.3 is 0 Å². The van der Waals surface area contributed by atoms with E-state index < -0.39 is 0 Å². The summed E-state index contributed by atoms with van der Waals surface area (Å²) in [6.45, 7) is 8.20. The normalized spacial score (nSPS) is 11.9. The number of hydrogen-bond donors (Lipinski definition) is 1. The first-order valence-electron chi connectivity index (χ1n) is 7.00. The monoisotopic (exact) mass is 273 g/mol. The fourth-order valence-corrected chi connectivity index (χ4v) is 1.99. The van der Waals surface area contributed by atoms with Gasteiger partial charge in [0.05, 0.1) is 18.5 Å². The van der Waals surface area contributed by atoms with Gasteiger partial charge in [-0.05, 0) is 31.5 Å². The highest BCUT2D eigenvalue weighted by Gasteiger charge is 2.12. The van der Waals surface area contributed by atoms with Gasteiger partial charge < -0.3 is 5.32 Å². The number of likely N-dealkylation sites (N-methyl/N-ethyl adjacent to an activating group) is 1. The van der Waals surface area contributed by atoms with Gasteiger partial charge in [0.1, 0.15) is 0 Å².